The van der Waals surface area contributed by atoms with Gasteiger partial charge in [0, 0.05) is 144 Å². The van der Waals surface area contributed by atoms with Crippen molar-refractivity contribution >= 4 is 75.0 Å². The minimum Gasteiger partial charge on any atom is -0.476 e. The standard InChI is InChI=1S/C22H20ClFN6O.C22H21FN6O.C11H14N4.C10H6ClFN2O2/c1-14-4-8-28-11-7-25-21(20(14)28)29-9-5-15(13-29)26-22(31)19-6-10-30(27-19)16-2-3-17(23)18(24)12-16;1-15-5-9-27-12-8-24-21(20(15)27)28-10-6-17(14-28)25-22(30)19-7-11-29(26-19)18-4-2-3-16(23)13-18;12-9-3-6-15(8-9)11-10-2-1-5-14(10)7-4-13-11;11-7-2-1-6(5-8(7)12)14-4-3-9(13-14)10(15)16/h2-4,6-8,10-12,15H,5,9,13H2,1H3,(H,26,31);2-5,7-9,11-13,17H,6,10,14H2,1H3,(H,25,30);1-2,4-5,7,9H,3,6,8,12H2;1-5H,(H,15,16)/t15-;17-;9-;/m000./s1. The number of fused-ring (bicyclic) bond motifs is 3. The molecule has 92 heavy (non-hydrogen) atoms. The number of nitrogens with zero attached hydrogens (tertiary/aromatic N) is 15. The molecule has 0 spiro atoms. The molecule has 27 heteroatoms. The Morgan fingerprint density at radius 3 is 1.46 bits per heavy atom. The van der Waals surface area contributed by atoms with Crippen LogP contribution in [0, 0.1) is 31.3 Å². The van der Waals surface area contributed by atoms with E-state index in [1.807, 2.05) is 49.4 Å². The van der Waals surface area contributed by atoms with Crippen LogP contribution in [-0.2, 0) is 0 Å². The van der Waals surface area contributed by atoms with Gasteiger partial charge in [0.05, 0.1) is 43.7 Å². The van der Waals surface area contributed by atoms with Gasteiger partial charge in [-0.2, -0.15) is 15.3 Å². The van der Waals surface area contributed by atoms with E-state index in [0.717, 1.165) is 79.4 Å². The molecule has 9 aromatic heterocycles. The van der Waals surface area contributed by atoms with Crippen LogP contribution in [-0.4, -0.2) is 138 Å². The second-order valence-corrected chi connectivity index (χ2v) is 23.1. The number of amides is 2. The third kappa shape index (κ3) is 13.6. The van der Waals surface area contributed by atoms with E-state index in [4.69, 9.17) is 34.0 Å². The first-order valence-corrected chi connectivity index (χ1v) is 30.2. The zero-order valence-electron chi connectivity index (χ0n) is 49.7. The molecule has 15 rings (SSSR count). The number of nitrogens with one attached hydrogen (secondary N) is 2. The largest absolute Gasteiger partial charge is 0.476 e. The summed E-state index contributed by atoms with van der Waals surface area (Å²) in [5, 5.41) is 27.2. The van der Waals surface area contributed by atoms with Crippen LogP contribution < -0.4 is 31.1 Å². The lowest BCUT2D eigenvalue weighted by Crippen LogP contribution is -2.37. The molecule has 3 aliphatic heterocycles. The summed E-state index contributed by atoms with van der Waals surface area (Å²) in [6.07, 6.45) is 24.8. The van der Waals surface area contributed by atoms with Gasteiger partial charge in [0.15, 0.2) is 34.5 Å². The number of rotatable bonds is 11. The van der Waals surface area contributed by atoms with Crippen molar-refractivity contribution < 1.29 is 32.7 Å². The van der Waals surface area contributed by atoms with Crippen molar-refractivity contribution in [3.05, 3.63) is 233 Å². The second kappa shape index (κ2) is 26.9. The van der Waals surface area contributed by atoms with E-state index in [-0.39, 0.29) is 51.1 Å². The smallest absolute Gasteiger partial charge is 0.356 e. The van der Waals surface area contributed by atoms with E-state index in [0.29, 0.717) is 41.9 Å². The zero-order valence-corrected chi connectivity index (χ0v) is 51.2. The number of nitrogens with two attached hydrogens (primary N) is 1. The van der Waals surface area contributed by atoms with Crippen LogP contribution in [0.15, 0.2) is 177 Å². The number of carboxylic acids is 1. The third-order valence-corrected chi connectivity index (χ3v) is 16.6. The summed E-state index contributed by atoms with van der Waals surface area (Å²) < 4.78 is 50.7. The SMILES string of the molecule is Cc1ccn2ccnc(N3CC[C@H](NC(=O)c4ccn(-c5ccc(Cl)c(F)c5)n4)C3)c12.Cc1ccn2ccnc(N3CC[C@H](NC(=O)c4ccn(-c5cccc(F)c5)n4)C3)c12.N[C@H]1CCN(c2nccn3cccc23)C1.O=C(O)c1ccn(-c2ccc(Cl)c(F)c2)n1. The number of hydrogen-bond donors (Lipinski definition) is 4. The molecule has 2 amide bonds. The molecule has 0 radical (unpaired) electrons. The van der Waals surface area contributed by atoms with Crippen LogP contribution in [0.2, 0.25) is 10.0 Å². The van der Waals surface area contributed by atoms with Gasteiger partial charge in [-0.05, 0) is 129 Å². The van der Waals surface area contributed by atoms with E-state index < -0.39 is 17.6 Å². The number of anilines is 3. The number of aryl methyl sites for hydroxylation is 2. The molecule has 22 nitrogen and oxygen atoms in total. The molecule has 0 bridgehead atoms. The highest BCUT2D eigenvalue weighted by Crippen LogP contribution is 2.29. The molecule has 3 fully saturated rings. The maximum Gasteiger partial charge on any atom is 0.356 e. The quantitative estimate of drug-likeness (QED) is 0.0944. The van der Waals surface area contributed by atoms with Crippen molar-refractivity contribution in [3.8, 4) is 17.1 Å². The predicted molar refractivity (Wildman–Crippen MR) is 344 cm³/mol. The summed E-state index contributed by atoms with van der Waals surface area (Å²) in [6, 6.07) is 27.7. The molecule has 0 unspecified atom stereocenters. The lowest BCUT2D eigenvalue weighted by atomic mass is 10.2. The molecule has 3 aliphatic rings. The summed E-state index contributed by atoms with van der Waals surface area (Å²) in [5.41, 5.74) is 13.5. The van der Waals surface area contributed by atoms with E-state index in [9.17, 15) is 27.6 Å². The molecule has 12 heterocycles. The molecular weight excluding hydrogens is 1220 g/mol. The van der Waals surface area contributed by atoms with Gasteiger partial charge in [-0.25, -0.2) is 47.0 Å². The van der Waals surface area contributed by atoms with Crippen LogP contribution in [0.4, 0.5) is 30.6 Å². The minimum absolute atomic E-state index is 0.00847. The lowest BCUT2D eigenvalue weighted by Gasteiger charge is -2.19. The predicted octanol–water partition coefficient (Wildman–Crippen LogP) is 9.84. The molecule has 0 saturated carbocycles. The van der Waals surface area contributed by atoms with Gasteiger partial charge in [0.1, 0.15) is 17.5 Å². The molecule has 3 aromatic carbocycles. The van der Waals surface area contributed by atoms with Crippen molar-refractivity contribution in [1.29, 1.82) is 0 Å². The van der Waals surface area contributed by atoms with Crippen molar-refractivity contribution in [1.82, 2.24) is 68.1 Å². The number of hydrogen-bond acceptors (Lipinski definition) is 13. The van der Waals surface area contributed by atoms with E-state index >= 15 is 0 Å². The van der Waals surface area contributed by atoms with Crippen molar-refractivity contribution in [2.45, 2.75) is 51.2 Å². The van der Waals surface area contributed by atoms with Crippen LogP contribution in [0.25, 0.3) is 33.6 Å². The fourth-order valence-electron chi connectivity index (χ4n) is 11.3. The molecule has 12 aromatic rings. The van der Waals surface area contributed by atoms with Gasteiger partial charge in [0.25, 0.3) is 11.8 Å². The highest BCUT2D eigenvalue weighted by molar-refractivity contribution is 6.31. The third-order valence-electron chi connectivity index (χ3n) is 16.0. The average Bonchev–Trinajstić information content (AvgIpc) is 2.66. The van der Waals surface area contributed by atoms with E-state index in [2.05, 4.69) is 101 Å². The average molecular weight is 1290 g/mol. The fraction of sp³-hybridized carbons (Fsp3) is 0.215. The van der Waals surface area contributed by atoms with Gasteiger partial charge in [-0.15, -0.1) is 0 Å². The second-order valence-electron chi connectivity index (χ2n) is 22.3. The number of carbonyl (C=O) groups excluding carboxylic acids is 2. The topological polar surface area (TPSA) is 237 Å². The summed E-state index contributed by atoms with van der Waals surface area (Å²) in [6.45, 7) is 9.06. The van der Waals surface area contributed by atoms with E-state index in [1.54, 1.807) is 61.2 Å². The van der Waals surface area contributed by atoms with Crippen LogP contribution in [0.5, 0.6) is 0 Å². The molecule has 0 aliphatic carbocycles. The van der Waals surface area contributed by atoms with Crippen molar-refractivity contribution in [2.75, 3.05) is 54.0 Å². The monoisotopic (exact) mass is 1280 g/mol. The van der Waals surface area contributed by atoms with Crippen LogP contribution in [0.1, 0.15) is 61.9 Å². The Morgan fingerprint density at radius 2 is 0.978 bits per heavy atom. The highest BCUT2D eigenvalue weighted by Gasteiger charge is 2.30. The first-order chi connectivity index (χ1) is 44.5. The highest BCUT2D eigenvalue weighted by atomic mass is 35.5. The maximum absolute atomic E-state index is 13.7. The number of carbonyl (C=O) groups is 3. The summed E-state index contributed by atoms with van der Waals surface area (Å²) in [5.74, 6) is -0.166. The van der Waals surface area contributed by atoms with Crippen molar-refractivity contribution in [2.24, 2.45) is 5.73 Å². The zero-order chi connectivity index (χ0) is 64.2. The summed E-state index contributed by atoms with van der Waals surface area (Å²) in [4.78, 5) is 56.3. The number of carboxylic acid groups (broad SMARTS) is 1. The molecular formula is C65H61Cl2F3N18O4. The lowest BCUT2D eigenvalue weighted by molar-refractivity contribution is 0.0689. The van der Waals surface area contributed by atoms with Crippen LogP contribution in [0.3, 0.4) is 0 Å². The molecule has 3 atom stereocenters. The Kier molecular flexibility index (Phi) is 18.1. The fourth-order valence-corrected chi connectivity index (χ4v) is 11.6. The Bertz CT molecular complexity index is 4650. The normalized spacial score (nSPS) is 16.1. The number of aromatic carboxylic acids is 1. The number of aromatic nitrogens is 12. The minimum atomic E-state index is -1.13. The van der Waals surface area contributed by atoms with Gasteiger partial charge in [-0.3, -0.25) is 9.59 Å². The van der Waals surface area contributed by atoms with Gasteiger partial charge >= 0.3 is 5.97 Å². The van der Waals surface area contributed by atoms with Gasteiger partial charge < -0.3 is 49.4 Å². The first-order valence-electron chi connectivity index (χ1n) is 29.5. The van der Waals surface area contributed by atoms with Crippen molar-refractivity contribution in [3.63, 3.8) is 0 Å². The molecule has 470 valence electrons. The maximum atomic E-state index is 13.7. The Labute approximate surface area is 534 Å². The summed E-state index contributed by atoms with van der Waals surface area (Å²) >= 11 is 11.3. The van der Waals surface area contributed by atoms with Gasteiger partial charge in [-0.1, -0.05) is 29.3 Å². The Morgan fingerprint density at radius 1 is 0.511 bits per heavy atom. The number of benzene rings is 3. The summed E-state index contributed by atoms with van der Waals surface area (Å²) in [7, 11) is 0. The van der Waals surface area contributed by atoms with Crippen LogP contribution >= 0.6 is 23.2 Å². The number of halogens is 5. The molecule has 3 saturated heterocycles. The Balaban J connectivity index is 0.000000124. The van der Waals surface area contributed by atoms with Gasteiger partial charge in [0.2, 0.25) is 0 Å². The first kappa shape index (κ1) is 61.7. The Hall–Kier alpha value is -10.5. The van der Waals surface area contributed by atoms with E-state index in [1.165, 1.54) is 73.8 Å². The molecule has 5 N–H and O–H groups in total.